The highest BCUT2D eigenvalue weighted by atomic mass is 32.2. The van der Waals surface area contributed by atoms with Crippen LogP contribution in [0.3, 0.4) is 0 Å². The molecule has 2 rings (SSSR count). The Hall–Kier alpha value is -1.57. The van der Waals surface area contributed by atoms with Crippen molar-refractivity contribution in [1.29, 1.82) is 0 Å². The van der Waals surface area contributed by atoms with Crippen LogP contribution in [-0.2, 0) is 21.1 Å². The van der Waals surface area contributed by atoms with Gasteiger partial charge in [0.2, 0.25) is 0 Å². The summed E-state index contributed by atoms with van der Waals surface area (Å²) in [6.07, 6.45) is 0.618. The number of ether oxygens (including phenoxy) is 1. The van der Waals surface area contributed by atoms with Gasteiger partial charge in [0.05, 0.1) is 18.6 Å². The SMILES string of the molecule is COC(=O)c1nc(C)n(CC2CCS(=O)(=O)C2)c1N. The van der Waals surface area contributed by atoms with Crippen molar-refractivity contribution in [3.8, 4) is 0 Å². The molecule has 1 aromatic rings. The number of nitrogens with zero attached hydrogens (tertiary/aromatic N) is 2. The molecule has 1 aromatic heterocycles. The van der Waals surface area contributed by atoms with E-state index in [1.54, 1.807) is 11.5 Å². The topological polar surface area (TPSA) is 104 Å². The summed E-state index contributed by atoms with van der Waals surface area (Å²) >= 11 is 0. The van der Waals surface area contributed by atoms with Crippen LogP contribution in [-0.4, -0.2) is 42.6 Å². The molecule has 0 aliphatic carbocycles. The first-order chi connectivity index (χ1) is 8.84. The molecule has 0 saturated carbocycles. The minimum absolute atomic E-state index is 0.0192. The van der Waals surface area contributed by atoms with Gasteiger partial charge in [0.15, 0.2) is 15.5 Å². The van der Waals surface area contributed by atoms with Crippen LogP contribution in [0.1, 0.15) is 22.7 Å². The predicted molar refractivity (Wildman–Crippen MR) is 69.5 cm³/mol. The molecule has 0 amide bonds. The Kier molecular flexibility index (Phi) is 3.53. The average Bonchev–Trinajstić information content (AvgIpc) is 2.82. The maximum absolute atomic E-state index is 11.5. The predicted octanol–water partition coefficient (Wildman–Crippen LogP) is -0.00498. The lowest BCUT2D eigenvalue weighted by molar-refractivity contribution is 0.0595. The van der Waals surface area contributed by atoms with Crippen molar-refractivity contribution in [2.75, 3.05) is 24.3 Å². The number of sulfone groups is 1. The fraction of sp³-hybridized carbons (Fsp3) is 0.636. The maximum Gasteiger partial charge on any atom is 0.360 e. The van der Waals surface area contributed by atoms with Crippen molar-refractivity contribution >= 4 is 21.6 Å². The van der Waals surface area contributed by atoms with Crippen molar-refractivity contribution in [3.05, 3.63) is 11.5 Å². The zero-order valence-corrected chi connectivity index (χ0v) is 11.7. The van der Waals surface area contributed by atoms with Crippen LogP contribution in [0.15, 0.2) is 0 Å². The van der Waals surface area contributed by atoms with Gasteiger partial charge in [0.25, 0.3) is 0 Å². The van der Waals surface area contributed by atoms with E-state index in [4.69, 9.17) is 5.73 Å². The second kappa shape index (κ2) is 4.84. The van der Waals surface area contributed by atoms with Gasteiger partial charge in [-0.2, -0.15) is 0 Å². The Morgan fingerprint density at radius 3 is 2.79 bits per heavy atom. The van der Waals surface area contributed by atoms with Gasteiger partial charge < -0.3 is 15.0 Å². The van der Waals surface area contributed by atoms with Crippen LogP contribution in [0, 0.1) is 12.8 Å². The number of nitrogens with two attached hydrogens (primary N) is 1. The minimum Gasteiger partial charge on any atom is -0.464 e. The highest BCUT2D eigenvalue weighted by molar-refractivity contribution is 7.91. The first-order valence-corrected chi connectivity index (χ1v) is 7.77. The number of methoxy groups -OCH3 is 1. The normalized spacial score (nSPS) is 21.5. The van der Waals surface area contributed by atoms with E-state index in [1.165, 1.54) is 7.11 Å². The standard InChI is InChI=1S/C11H17N3O4S/c1-7-13-9(11(15)18-2)10(12)14(7)5-8-3-4-19(16,17)6-8/h8H,3-6,12H2,1-2H3. The van der Waals surface area contributed by atoms with Gasteiger partial charge in [0.1, 0.15) is 11.6 Å². The van der Waals surface area contributed by atoms with Gasteiger partial charge in [-0.3, -0.25) is 0 Å². The van der Waals surface area contributed by atoms with Crippen LogP contribution in [0.5, 0.6) is 0 Å². The molecular formula is C11H17N3O4S. The molecule has 1 unspecified atom stereocenters. The molecule has 8 heteroatoms. The summed E-state index contributed by atoms with van der Waals surface area (Å²) in [6, 6.07) is 0. The fourth-order valence-electron chi connectivity index (χ4n) is 2.33. The first-order valence-electron chi connectivity index (χ1n) is 5.95. The molecule has 1 fully saturated rings. The molecule has 0 radical (unpaired) electrons. The average molecular weight is 287 g/mol. The summed E-state index contributed by atoms with van der Waals surface area (Å²) in [5.41, 5.74) is 5.96. The number of aromatic nitrogens is 2. The van der Waals surface area contributed by atoms with E-state index >= 15 is 0 Å². The Morgan fingerprint density at radius 2 is 2.26 bits per heavy atom. The van der Waals surface area contributed by atoms with Crippen molar-refractivity contribution in [3.63, 3.8) is 0 Å². The van der Waals surface area contributed by atoms with Gasteiger partial charge in [-0.05, 0) is 19.3 Å². The highest BCUT2D eigenvalue weighted by Crippen LogP contribution is 2.24. The monoisotopic (exact) mass is 287 g/mol. The number of hydrogen-bond acceptors (Lipinski definition) is 6. The molecular weight excluding hydrogens is 270 g/mol. The number of aryl methyl sites for hydroxylation is 1. The van der Waals surface area contributed by atoms with E-state index in [-0.39, 0.29) is 28.9 Å². The van der Waals surface area contributed by atoms with E-state index in [9.17, 15) is 13.2 Å². The maximum atomic E-state index is 11.5. The van der Waals surface area contributed by atoms with Gasteiger partial charge in [-0.15, -0.1) is 0 Å². The number of esters is 1. The third-order valence-corrected chi connectivity index (χ3v) is 5.18. The number of carbonyl (C=O) groups excluding carboxylic acids is 1. The van der Waals surface area contributed by atoms with Crippen LogP contribution in [0.25, 0.3) is 0 Å². The van der Waals surface area contributed by atoms with Crippen LogP contribution >= 0.6 is 0 Å². The summed E-state index contributed by atoms with van der Waals surface area (Å²) in [4.78, 5) is 15.5. The van der Waals surface area contributed by atoms with Crippen molar-refractivity contribution < 1.29 is 17.9 Å². The summed E-state index contributed by atoms with van der Waals surface area (Å²) in [5, 5.41) is 0. The second-order valence-electron chi connectivity index (χ2n) is 4.76. The Morgan fingerprint density at radius 1 is 1.58 bits per heavy atom. The van der Waals surface area contributed by atoms with E-state index in [1.807, 2.05) is 0 Å². The van der Waals surface area contributed by atoms with E-state index in [0.29, 0.717) is 18.8 Å². The summed E-state index contributed by atoms with van der Waals surface area (Å²) in [6.45, 7) is 2.19. The van der Waals surface area contributed by atoms with E-state index in [0.717, 1.165) is 0 Å². The largest absolute Gasteiger partial charge is 0.464 e. The second-order valence-corrected chi connectivity index (χ2v) is 6.99. The molecule has 0 spiro atoms. The summed E-state index contributed by atoms with van der Waals surface area (Å²) in [7, 11) is -1.66. The summed E-state index contributed by atoms with van der Waals surface area (Å²) < 4.78 is 29.1. The van der Waals surface area contributed by atoms with Crippen LogP contribution < -0.4 is 5.73 Å². The molecule has 1 atom stereocenters. The van der Waals surface area contributed by atoms with Gasteiger partial charge >= 0.3 is 5.97 Å². The zero-order valence-electron chi connectivity index (χ0n) is 10.9. The number of nitrogen functional groups attached to an aromatic ring is 1. The Balaban J connectivity index is 2.22. The fourth-order valence-corrected chi connectivity index (χ4v) is 4.18. The Bertz CT molecular complexity index is 606. The van der Waals surface area contributed by atoms with Crippen molar-refractivity contribution in [2.24, 2.45) is 5.92 Å². The number of rotatable bonds is 3. The molecule has 2 N–H and O–H groups in total. The highest BCUT2D eigenvalue weighted by Gasteiger charge is 2.29. The third-order valence-electron chi connectivity index (χ3n) is 3.34. The molecule has 1 saturated heterocycles. The summed E-state index contributed by atoms with van der Waals surface area (Å²) in [5.74, 6) is 0.632. The van der Waals surface area contributed by atoms with Crippen LogP contribution in [0.2, 0.25) is 0 Å². The minimum atomic E-state index is -2.92. The molecule has 2 heterocycles. The molecule has 1 aliphatic rings. The lowest BCUT2D eigenvalue weighted by Gasteiger charge is -2.12. The Labute approximate surface area is 111 Å². The van der Waals surface area contributed by atoms with E-state index in [2.05, 4.69) is 9.72 Å². The number of anilines is 1. The number of imidazole rings is 1. The number of hydrogen-bond donors (Lipinski definition) is 1. The lowest BCUT2D eigenvalue weighted by atomic mass is 10.1. The van der Waals surface area contributed by atoms with Gasteiger partial charge in [-0.25, -0.2) is 18.2 Å². The van der Waals surface area contributed by atoms with Crippen molar-refractivity contribution in [2.45, 2.75) is 19.9 Å². The quantitative estimate of drug-likeness (QED) is 0.784. The van der Waals surface area contributed by atoms with Crippen molar-refractivity contribution in [1.82, 2.24) is 9.55 Å². The third kappa shape index (κ3) is 2.73. The first kappa shape index (κ1) is 13.9. The lowest BCUT2D eigenvalue weighted by Crippen LogP contribution is -2.16. The van der Waals surface area contributed by atoms with Gasteiger partial charge in [-0.1, -0.05) is 0 Å². The molecule has 7 nitrogen and oxygen atoms in total. The van der Waals surface area contributed by atoms with Crippen LogP contribution in [0.4, 0.5) is 5.82 Å². The van der Waals surface area contributed by atoms with Gasteiger partial charge in [0, 0.05) is 6.54 Å². The molecule has 106 valence electrons. The molecule has 0 aromatic carbocycles. The smallest absolute Gasteiger partial charge is 0.360 e. The molecule has 19 heavy (non-hydrogen) atoms. The number of carbonyl (C=O) groups is 1. The molecule has 0 bridgehead atoms. The molecule has 1 aliphatic heterocycles. The zero-order chi connectivity index (χ0) is 14.2. The van der Waals surface area contributed by atoms with E-state index < -0.39 is 15.8 Å².